The van der Waals surface area contributed by atoms with E-state index in [-0.39, 0.29) is 14.3 Å². The number of alkyl halides is 2. The molecule has 1 rings (SSSR count). The van der Waals surface area contributed by atoms with Crippen LogP contribution in [0.25, 0.3) is 0 Å². The molecule has 0 aliphatic heterocycles. The lowest BCUT2D eigenvalue weighted by Crippen LogP contribution is -2.04. The third-order valence-electron chi connectivity index (χ3n) is 1.44. The number of rotatable bonds is 2. The van der Waals surface area contributed by atoms with E-state index in [1.165, 1.54) is 0 Å². The van der Waals surface area contributed by atoms with E-state index in [2.05, 4.69) is 4.98 Å². The zero-order valence-electron chi connectivity index (χ0n) is 6.40. The van der Waals surface area contributed by atoms with Gasteiger partial charge in [0.15, 0.2) is 0 Å². The van der Waals surface area contributed by atoms with Crippen LogP contribution in [0.3, 0.4) is 0 Å². The summed E-state index contributed by atoms with van der Waals surface area (Å²) in [7, 11) is 0. The molecule has 0 bridgehead atoms. The summed E-state index contributed by atoms with van der Waals surface area (Å²) in [6, 6.07) is 0. The molecule has 1 heterocycles. The van der Waals surface area contributed by atoms with Crippen molar-refractivity contribution in [1.82, 2.24) is 4.98 Å². The first-order chi connectivity index (χ1) is 6.45. The van der Waals surface area contributed by atoms with E-state index >= 15 is 0 Å². The molecule has 0 aliphatic rings. The van der Waals surface area contributed by atoms with E-state index in [0.29, 0.717) is 0 Å². The highest BCUT2D eigenvalue weighted by Crippen LogP contribution is 2.32. The maximum absolute atomic E-state index is 12.5. The first-order valence-electron chi connectivity index (χ1n) is 3.27. The number of hydrogen-bond donors (Lipinski definition) is 0. The van der Waals surface area contributed by atoms with Crippen LogP contribution in [0, 0.1) is 3.70 Å². The van der Waals surface area contributed by atoms with E-state index < -0.39 is 17.2 Å². The Labute approximate surface area is 102 Å². The van der Waals surface area contributed by atoms with Crippen molar-refractivity contribution in [2.24, 2.45) is 0 Å². The number of carbonyl (C=O) groups excluding carboxylic acids is 1. The van der Waals surface area contributed by atoms with E-state index in [0.717, 1.165) is 6.20 Å². The zero-order valence-corrected chi connectivity index (χ0v) is 10.1. The highest BCUT2D eigenvalue weighted by Gasteiger charge is 2.24. The van der Waals surface area contributed by atoms with Crippen LogP contribution in [-0.2, 0) is 0 Å². The Morgan fingerprint density at radius 2 is 2.14 bits per heavy atom. The second-order valence-corrected chi connectivity index (χ2v) is 4.03. The first-order valence-corrected chi connectivity index (χ1v) is 5.10. The van der Waals surface area contributed by atoms with Gasteiger partial charge in [-0.1, -0.05) is 11.6 Å². The molecule has 0 aromatic carbocycles. The van der Waals surface area contributed by atoms with E-state index in [4.69, 9.17) is 23.2 Å². The minimum absolute atomic E-state index is 0.113. The van der Waals surface area contributed by atoms with Crippen LogP contribution < -0.4 is 0 Å². The van der Waals surface area contributed by atoms with Gasteiger partial charge in [0.05, 0.1) is 16.1 Å². The van der Waals surface area contributed by atoms with Crippen LogP contribution in [0.15, 0.2) is 6.20 Å². The van der Waals surface area contributed by atoms with Crippen molar-refractivity contribution >= 4 is 51.0 Å². The maximum atomic E-state index is 12.5. The summed E-state index contributed by atoms with van der Waals surface area (Å²) < 4.78 is 25.1. The lowest BCUT2D eigenvalue weighted by Gasteiger charge is -2.08. The fourth-order valence-corrected chi connectivity index (χ4v) is 2.13. The van der Waals surface area contributed by atoms with Crippen molar-refractivity contribution < 1.29 is 13.6 Å². The number of carbonyl (C=O) groups is 1. The van der Waals surface area contributed by atoms with Gasteiger partial charge in [0, 0.05) is 6.20 Å². The second kappa shape index (κ2) is 4.67. The Morgan fingerprint density at radius 3 is 2.50 bits per heavy atom. The van der Waals surface area contributed by atoms with Crippen molar-refractivity contribution in [3.8, 4) is 0 Å². The summed E-state index contributed by atoms with van der Waals surface area (Å²) in [5, 5.41) is -1.25. The molecule has 0 fully saturated rings. The number of halogens is 5. The molecule has 1 aromatic heterocycles. The Bertz CT molecular complexity index is 386. The quantitative estimate of drug-likeness (QED) is 0.462. The molecule has 0 radical (unpaired) electrons. The van der Waals surface area contributed by atoms with Gasteiger partial charge in [-0.2, -0.15) is 0 Å². The van der Waals surface area contributed by atoms with Crippen LogP contribution >= 0.6 is 45.8 Å². The Hall–Kier alpha value is -0.0100. The van der Waals surface area contributed by atoms with Gasteiger partial charge in [0.25, 0.3) is 11.7 Å². The second-order valence-electron chi connectivity index (χ2n) is 2.26. The summed E-state index contributed by atoms with van der Waals surface area (Å²) in [4.78, 5) is 14.5. The summed E-state index contributed by atoms with van der Waals surface area (Å²) in [6.45, 7) is 0. The summed E-state index contributed by atoms with van der Waals surface area (Å²) >= 11 is 12.3. The molecule has 0 amide bonds. The van der Waals surface area contributed by atoms with Gasteiger partial charge in [-0.25, -0.2) is 13.8 Å². The molecule has 0 atom stereocenters. The predicted molar refractivity (Wildman–Crippen MR) is 57.1 cm³/mol. The fraction of sp³-hybridized carbons (Fsp3) is 0.143. The molecule has 0 saturated carbocycles. The van der Waals surface area contributed by atoms with Gasteiger partial charge in [-0.15, -0.1) is 0 Å². The normalized spacial score (nSPS) is 10.7. The third-order valence-corrected chi connectivity index (χ3v) is 2.75. The van der Waals surface area contributed by atoms with Crippen LogP contribution in [0.2, 0.25) is 5.02 Å². The number of hydrogen-bond acceptors (Lipinski definition) is 2. The summed E-state index contributed by atoms with van der Waals surface area (Å²) in [5.74, 6) is 0. The highest BCUT2D eigenvalue weighted by molar-refractivity contribution is 14.1. The standard InChI is InChI=1S/C7H2Cl2F2INO/c8-2-1-13-7(12)4(5(9)14)3(2)6(10)11/h1,6H. The maximum Gasteiger partial charge on any atom is 0.266 e. The van der Waals surface area contributed by atoms with Gasteiger partial charge in [0.2, 0.25) is 0 Å². The number of nitrogens with zero attached hydrogens (tertiary/aromatic N) is 1. The predicted octanol–water partition coefficient (Wildman–Crippen LogP) is 3.66. The van der Waals surface area contributed by atoms with Crippen molar-refractivity contribution in [2.75, 3.05) is 0 Å². The minimum atomic E-state index is -2.85. The van der Waals surface area contributed by atoms with Gasteiger partial charge in [-0.05, 0) is 34.2 Å². The third kappa shape index (κ3) is 2.32. The van der Waals surface area contributed by atoms with Gasteiger partial charge >= 0.3 is 0 Å². The topological polar surface area (TPSA) is 30.0 Å². The van der Waals surface area contributed by atoms with Crippen LogP contribution in [-0.4, -0.2) is 10.2 Å². The number of aromatic nitrogens is 1. The van der Waals surface area contributed by atoms with Crippen molar-refractivity contribution in [1.29, 1.82) is 0 Å². The van der Waals surface area contributed by atoms with Gasteiger partial charge in [-0.3, -0.25) is 4.79 Å². The molecule has 1 aromatic rings. The average Bonchev–Trinajstić information content (AvgIpc) is 2.07. The minimum Gasteiger partial charge on any atom is -0.275 e. The van der Waals surface area contributed by atoms with Crippen molar-refractivity contribution in [3.63, 3.8) is 0 Å². The first kappa shape index (κ1) is 12.1. The monoisotopic (exact) mass is 351 g/mol. The molecule has 0 saturated heterocycles. The Kier molecular flexibility index (Phi) is 4.03. The molecule has 14 heavy (non-hydrogen) atoms. The van der Waals surface area contributed by atoms with Crippen LogP contribution in [0.4, 0.5) is 8.78 Å². The molecular formula is C7H2Cl2F2INO. The molecule has 0 unspecified atom stereocenters. The summed E-state index contributed by atoms with van der Waals surface area (Å²) in [6.07, 6.45) is -1.79. The average molecular weight is 352 g/mol. The summed E-state index contributed by atoms with van der Waals surface area (Å²) in [5.41, 5.74) is -0.888. The Morgan fingerprint density at radius 1 is 1.57 bits per heavy atom. The van der Waals surface area contributed by atoms with E-state index in [9.17, 15) is 13.6 Å². The van der Waals surface area contributed by atoms with Gasteiger partial charge in [0.1, 0.15) is 3.70 Å². The molecule has 0 aliphatic carbocycles. The molecule has 0 N–H and O–H groups in total. The van der Waals surface area contributed by atoms with Gasteiger partial charge < -0.3 is 0 Å². The van der Waals surface area contributed by atoms with E-state index in [1.807, 2.05) is 0 Å². The fourth-order valence-electron chi connectivity index (χ4n) is 0.878. The Balaban J connectivity index is 3.50. The molecule has 7 heteroatoms. The number of pyridine rings is 1. The smallest absolute Gasteiger partial charge is 0.266 e. The molecular weight excluding hydrogens is 350 g/mol. The van der Waals surface area contributed by atoms with Crippen LogP contribution in [0.5, 0.6) is 0 Å². The largest absolute Gasteiger partial charge is 0.275 e. The highest BCUT2D eigenvalue weighted by atomic mass is 127. The zero-order chi connectivity index (χ0) is 10.9. The van der Waals surface area contributed by atoms with Crippen LogP contribution in [0.1, 0.15) is 22.3 Å². The van der Waals surface area contributed by atoms with E-state index in [1.54, 1.807) is 22.6 Å². The van der Waals surface area contributed by atoms with Crippen molar-refractivity contribution in [3.05, 3.63) is 26.0 Å². The molecule has 76 valence electrons. The lowest BCUT2D eigenvalue weighted by atomic mass is 10.1. The molecule has 0 spiro atoms. The molecule has 2 nitrogen and oxygen atoms in total. The lowest BCUT2D eigenvalue weighted by molar-refractivity contribution is 0.106. The van der Waals surface area contributed by atoms with Crippen molar-refractivity contribution in [2.45, 2.75) is 6.43 Å². The SMILES string of the molecule is O=C(Cl)c1c(I)ncc(Cl)c1C(F)F.